The third-order valence-electron chi connectivity index (χ3n) is 5.09. The van der Waals surface area contributed by atoms with Gasteiger partial charge in [0.1, 0.15) is 5.82 Å². The van der Waals surface area contributed by atoms with Crippen molar-refractivity contribution in [3.63, 3.8) is 0 Å². The summed E-state index contributed by atoms with van der Waals surface area (Å²) in [6.07, 6.45) is -0.115. The number of aromatic nitrogens is 4. The quantitative estimate of drug-likeness (QED) is 0.812. The Morgan fingerprint density at radius 1 is 1.29 bits per heavy atom. The number of hydrogen-bond donors (Lipinski definition) is 2. The van der Waals surface area contributed by atoms with Crippen LogP contribution in [0.25, 0.3) is 0 Å². The van der Waals surface area contributed by atoms with Gasteiger partial charge in [0.05, 0.1) is 12.1 Å². The Morgan fingerprint density at radius 3 is 2.61 bits per heavy atom. The Balaban J connectivity index is 1.66. The first-order chi connectivity index (χ1) is 13.3. The van der Waals surface area contributed by atoms with E-state index in [1.54, 1.807) is 19.3 Å². The molecule has 28 heavy (non-hydrogen) atoms. The molecule has 0 radical (unpaired) electrons. The van der Waals surface area contributed by atoms with E-state index in [2.05, 4.69) is 25.5 Å². The van der Waals surface area contributed by atoms with Crippen molar-refractivity contribution in [2.24, 2.45) is 5.92 Å². The Bertz CT molecular complexity index is 813. The lowest BCUT2D eigenvalue weighted by atomic mass is 9.96. The van der Waals surface area contributed by atoms with E-state index < -0.39 is 18.0 Å². The summed E-state index contributed by atoms with van der Waals surface area (Å²) in [5, 5.41) is 9.84. The maximum absolute atomic E-state index is 12.8. The van der Waals surface area contributed by atoms with Crippen molar-refractivity contribution in [3.05, 3.63) is 35.0 Å². The summed E-state index contributed by atoms with van der Waals surface area (Å²) >= 11 is 0. The molecule has 0 unspecified atom stereocenters. The lowest BCUT2D eigenvalue weighted by Crippen LogP contribution is -2.42. The minimum atomic E-state index is -4.21. The first-order valence-corrected chi connectivity index (χ1v) is 9.18. The van der Waals surface area contributed by atoms with Gasteiger partial charge in [0.2, 0.25) is 5.82 Å². The average Bonchev–Trinajstić information content (AvgIpc) is 3.17. The fourth-order valence-electron chi connectivity index (χ4n) is 3.19. The molecule has 2 N–H and O–H groups in total. The van der Waals surface area contributed by atoms with Gasteiger partial charge in [-0.15, -0.1) is 0 Å². The molecule has 3 heterocycles. The molecule has 2 aromatic rings. The van der Waals surface area contributed by atoms with E-state index in [4.69, 9.17) is 0 Å². The first kappa shape index (κ1) is 20.1. The molecule has 0 bridgehead atoms. The standard InChI is InChI=1S/C18H23F3N6O/c1-11-12(2)25-16(26-15(11)22-6-3-13-9-23-24-10-13)17(28)27-7-4-14(5-8-27)18(19,20)21/h9-10,14H,3-8H2,1-2H3,(H,23,24)(H,22,25,26). The van der Waals surface area contributed by atoms with Crippen LogP contribution in [-0.2, 0) is 6.42 Å². The molecular formula is C18H23F3N6O. The van der Waals surface area contributed by atoms with E-state index in [9.17, 15) is 18.0 Å². The molecule has 3 rings (SSSR count). The number of aromatic amines is 1. The molecule has 152 valence electrons. The first-order valence-electron chi connectivity index (χ1n) is 9.18. The number of nitrogens with one attached hydrogen (secondary N) is 2. The summed E-state index contributed by atoms with van der Waals surface area (Å²) < 4.78 is 38.5. The molecule has 1 aliphatic rings. The maximum Gasteiger partial charge on any atom is 0.391 e. The largest absolute Gasteiger partial charge is 0.391 e. The van der Waals surface area contributed by atoms with E-state index >= 15 is 0 Å². The molecule has 0 aromatic carbocycles. The van der Waals surface area contributed by atoms with Crippen molar-refractivity contribution in [1.82, 2.24) is 25.1 Å². The lowest BCUT2D eigenvalue weighted by Gasteiger charge is -2.32. The zero-order valence-electron chi connectivity index (χ0n) is 15.8. The van der Waals surface area contributed by atoms with Crippen LogP contribution < -0.4 is 5.32 Å². The van der Waals surface area contributed by atoms with E-state index in [1.807, 2.05) is 6.92 Å². The van der Waals surface area contributed by atoms with Gasteiger partial charge in [-0.05, 0) is 38.7 Å². The zero-order valence-corrected chi connectivity index (χ0v) is 15.8. The molecule has 1 saturated heterocycles. The smallest absolute Gasteiger partial charge is 0.369 e. The topological polar surface area (TPSA) is 86.8 Å². The number of piperidine rings is 1. The van der Waals surface area contributed by atoms with Crippen LogP contribution >= 0.6 is 0 Å². The van der Waals surface area contributed by atoms with Gasteiger partial charge in [0, 0.05) is 37.1 Å². The van der Waals surface area contributed by atoms with Crippen molar-refractivity contribution in [2.75, 3.05) is 25.0 Å². The number of amides is 1. The number of likely N-dealkylation sites (tertiary alicyclic amines) is 1. The molecular weight excluding hydrogens is 373 g/mol. The van der Waals surface area contributed by atoms with Gasteiger partial charge in [-0.25, -0.2) is 9.97 Å². The van der Waals surface area contributed by atoms with Crippen LogP contribution in [0.1, 0.15) is 40.3 Å². The summed E-state index contributed by atoms with van der Waals surface area (Å²) in [7, 11) is 0. The Morgan fingerprint density at radius 2 is 2.00 bits per heavy atom. The third-order valence-corrected chi connectivity index (χ3v) is 5.09. The van der Waals surface area contributed by atoms with Crippen LogP contribution in [0.4, 0.5) is 19.0 Å². The molecule has 2 aromatic heterocycles. The highest BCUT2D eigenvalue weighted by atomic mass is 19.4. The highest BCUT2D eigenvalue weighted by Crippen LogP contribution is 2.34. The monoisotopic (exact) mass is 396 g/mol. The second-order valence-corrected chi connectivity index (χ2v) is 7.00. The lowest BCUT2D eigenvalue weighted by molar-refractivity contribution is -0.183. The van der Waals surface area contributed by atoms with E-state index in [1.165, 1.54) is 4.90 Å². The number of carbonyl (C=O) groups excluding carboxylic acids is 1. The molecule has 10 heteroatoms. The Hall–Kier alpha value is -2.65. The van der Waals surface area contributed by atoms with Gasteiger partial charge in [0.25, 0.3) is 5.91 Å². The number of hydrogen-bond acceptors (Lipinski definition) is 5. The Kier molecular flexibility index (Phi) is 5.85. The highest BCUT2D eigenvalue weighted by Gasteiger charge is 2.42. The van der Waals surface area contributed by atoms with Crippen molar-refractivity contribution in [3.8, 4) is 0 Å². The average molecular weight is 396 g/mol. The number of carbonyl (C=O) groups is 1. The van der Waals surface area contributed by atoms with Gasteiger partial charge >= 0.3 is 6.18 Å². The molecule has 1 fully saturated rings. The number of nitrogens with zero attached hydrogens (tertiary/aromatic N) is 4. The molecule has 0 atom stereocenters. The van der Waals surface area contributed by atoms with Gasteiger partial charge in [-0.1, -0.05) is 0 Å². The number of alkyl halides is 3. The van der Waals surface area contributed by atoms with Crippen molar-refractivity contribution < 1.29 is 18.0 Å². The summed E-state index contributed by atoms with van der Waals surface area (Å²) in [6.45, 7) is 4.36. The second-order valence-electron chi connectivity index (χ2n) is 7.00. The van der Waals surface area contributed by atoms with Gasteiger partial charge in [0.15, 0.2) is 0 Å². The number of anilines is 1. The fourth-order valence-corrected chi connectivity index (χ4v) is 3.19. The van der Waals surface area contributed by atoms with E-state index in [-0.39, 0.29) is 31.8 Å². The number of halogens is 3. The van der Waals surface area contributed by atoms with Crippen molar-refractivity contribution in [2.45, 2.75) is 39.3 Å². The van der Waals surface area contributed by atoms with Crippen LogP contribution in [0.5, 0.6) is 0 Å². The summed E-state index contributed by atoms with van der Waals surface area (Å²) in [5.74, 6) is -1.21. The normalized spacial score (nSPS) is 15.7. The molecule has 0 saturated carbocycles. The molecule has 7 nitrogen and oxygen atoms in total. The summed E-state index contributed by atoms with van der Waals surface area (Å²) in [4.78, 5) is 22.7. The van der Waals surface area contributed by atoms with Crippen LogP contribution in [0, 0.1) is 19.8 Å². The van der Waals surface area contributed by atoms with E-state index in [0.29, 0.717) is 18.1 Å². The van der Waals surface area contributed by atoms with Crippen molar-refractivity contribution in [1.29, 1.82) is 0 Å². The zero-order chi connectivity index (χ0) is 20.3. The molecule has 1 amide bonds. The van der Waals surface area contributed by atoms with Gasteiger partial charge in [-0.3, -0.25) is 9.89 Å². The summed E-state index contributed by atoms with van der Waals surface area (Å²) in [5.41, 5.74) is 2.54. The van der Waals surface area contributed by atoms with Crippen LogP contribution in [-0.4, -0.2) is 56.8 Å². The number of aryl methyl sites for hydroxylation is 1. The van der Waals surface area contributed by atoms with Crippen LogP contribution in [0.15, 0.2) is 12.4 Å². The van der Waals surface area contributed by atoms with Crippen molar-refractivity contribution >= 4 is 11.7 Å². The molecule has 0 aliphatic carbocycles. The predicted octanol–water partition coefficient (Wildman–Crippen LogP) is 2.89. The minimum absolute atomic E-state index is 0.0133. The summed E-state index contributed by atoms with van der Waals surface area (Å²) in [6, 6.07) is 0. The van der Waals surface area contributed by atoms with Gasteiger partial charge in [-0.2, -0.15) is 18.3 Å². The van der Waals surface area contributed by atoms with E-state index in [0.717, 1.165) is 17.5 Å². The Labute approximate surface area is 160 Å². The van der Waals surface area contributed by atoms with Crippen LogP contribution in [0.2, 0.25) is 0 Å². The molecule has 0 spiro atoms. The molecule has 1 aliphatic heterocycles. The fraction of sp³-hybridized carbons (Fsp3) is 0.556. The van der Waals surface area contributed by atoms with Crippen LogP contribution in [0.3, 0.4) is 0 Å². The number of rotatable bonds is 5. The third kappa shape index (κ3) is 4.60. The number of H-pyrrole nitrogens is 1. The SMILES string of the molecule is Cc1nc(C(=O)N2CCC(C(F)(F)F)CC2)nc(NCCc2cn[nH]c2)c1C. The van der Waals surface area contributed by atoms with Gasteiger partial charge < -0.3 is 10.2 Å². The maximum atomic E-state index is 12.8. The second kappa shape index (κ2) is 8.15. The highest BCUT2D eigenvalue weighted by molar-refractivity contribution is 5.91. The minimum Gasteiger partial charge on any atom is -0.369 e. The predicted molar refractivity (Wildman–Crippen MR) is 97.0 cm³/mol.